The van der Waals surface area contributed by atoms with Gasteiger partial charge in [-0.1, -0.05) is 35.5 Å². The van der Waals surface area contributed by atoms with Gasteiger partial charge in [0.25, 0.3) is 5.91 Å². The van der Waals surface area contributed by atoms with Crippen LogP contribution in [0.4, 0.5) is 0 Å². The molecule has 0 saturated heterocycles. The van der Waals surface area contributed by atoms with E-state index < -0.39 is 11.6 Å². The lowest BCUT2D eigenvalue weighted by molar-refractivity contribution is -0.120. The van der Waals surface area contributed by atoms with Crippen LogP contribution in [0.25, 0.3) is 0 Å². The number of rotatable bonds is 6. The summed E-state index contributed by atoms with van der Waals surface area (Å²) >= 11 is 7.62. The molecule has 0 aliphatic carbocycles. The first-order valence-electron chi connectivity index (χ1n) is 11.3. The molecule has 4 rings (SSSR count). The maximum absolute atomic E-state index is 13.5. The molecule has 182 valence electrons. The number of amides is 2. The van der Waals surface area contributed by atoms with Crippen LogP contribution in [-0.2, 0) is 16.1 Å². The molecule has 0 radical (unpaired) electrons. The zero-order valence-corrected chi connectivity index (χ0v) is 21.7. The lowest BCUT2D eigenvalue weighted by atomic mass is 9.92. The van der Waals surface area contributed by atoms with Crippen molar-refractivity contribution in [2.45, 2.75) is 52.2 Å². The topological polar surface area (TPSA) is 86.7 Å². The molecule has 2 aliphatic rings. The summed E-state index contributed by atoms with van der Waals surface area (Å²) in [6.07, 6.45) is 3.56. The van der Waals surface area contributed by atoms with E-state index in [4.69, 9.17) is 16.6 Å². The van der Waals surface area contributed by atoms with E-state index in [0.29, 0.717) is 22.8 Å². The highest BCUT2D eigenvalue weighted by molar-refractivity contribution is 8.16. The molecule has 7 nitrogen and oxygen atoms in total. The Balaban J connectivity index is 1.62. The van der Waals surface area contributed by atoms with E-state index >= 15 is 0 Å². The Hall–Kier alpha value is -3.10. The number of fused-ring (bicyclic) bond motifs is 1. The summed E-state index contributed by atoms with van der Waals surface area (Å²) in [5.74, 6) is -0.298. The number of pyridine rings is 1. The van der Waals surface area contributed by atoms with Crippen LogP contribution >= 0.6 is 23.4 Å². The number of nitrogens with one attached hydrogen (secondary N) is 2. The number of thioether (sulfide) groups is 1. The number of allylic oxidation sites excluding steroid dienone is 1. The van der Waals surface area contributed by atoms with Crippen molar-refractivity contribution in [1.82, 2.24) is 20.5 Å². The van der Waals surface area contributed by atoms with Crippen molar-refractivity contribution in [3.05, 3.63) is 87.3 Å². The van der Waals surface area contributed by atoms with Gasteiger partial charge < -0.3 is 15.5 Å². The second-order valence-corrected chi connectivity index (χ2v) is 10.7. The van der Waals surface area contributed by atoms with Crippen molar-refractivity contribution in [2.75, 3.05) is 0 Å². The molecule has 35 heavy (non-hydrogen) atoms. The average molecular weight is 510 g/mol. The van der Waals surface area contributed by atoms with E-state index in [0.717, 1.165) is 22.0 Å². The Kier molecular flexibility index (Phi) is 7.33. The molecule has 1 atom stereocenters. The molecule has 1 aromatic carbocycles. The van der Waals surface area contributed by atoms with Crippen LogP contribution in [0.3, 0.4) is 0 Å². The van der Waals surface area contributed by atoms with E-state index in [2.05, 4.69) is 15.6 Å². The van der Waals surface area contributed by atoms with Gasteiger partial charge in [0, 0.05) is 35.2 Å². The van der Waals surface area contributed by atoms with Gasteiger partial charge in [-0.05, 0) is 68.5 Å². The van der Waals surface area contributed by atoms with Gasteiger partial charge in [0.2, 0.25) is 5.91 Å². The second kappa shape index (κ2) is 10.3. The van der Waals surface area contributed by atoms with E-state index in [1.165, 1.54) is 11.8 Å². The molecule has 2 aromatic rings. The molecule has 0 bridgehead atoms. The molecular weight excluding hydrogens is 482 g/mol. The van der Waals surface area contributed by atoms with Crippen LogP contribution in [-0.4, -0.2) is 32.4 Å². The highest BCUT2D eigenvalue weighted by Gasteiger charge is 2.41. The molecule has 1 unspecified atom stereocenters. The fraction of sp³-hybridized carbons (Fsp3) is 0.308. The molecule has 9 heteroatoms. The van der Waals surface area contributed by atoms with Crippen molar-refractivity contribution in [3.63, 3.8) is 0 Å². The first-order valence-corrected chi connectivity index (χ1v) is 12.6. The third-order valence-corrected chi connectivity index (χ3v) is 6.64. The van der Waals surface area contributed by atoms with Crippen LogP contribution in [0.5, 0.6) is 0 Å². The number of aromatic nitrogens is 1. The maximum Gasteiger partial charge on any atom is 0.251 e. The van der Waals surface area contributed by atoms with Crippen molar-refractivity contribution in [2.24, 2.45) is 4.99 Å². The Labute approximate surface area is 214 Å². The lowest BCUT2D eigenvalue weighted by Crippen LogP contribution is -2.46. The van der Waals surface area contributed by atoms with Gasteiger partial charge in [0.15, 0.2) is 5.17 Å². The largest absolute Gasteiger partial charge is 0.352 e. The summed E-state index contributed by atoms with van der Waals surface area (Å²) in [5.41, 5.74) is 3.45. The second-order valence-electron chi connectivity index (χ2n) is 9.46. The minimum atomic E-state index is -0.434. The number of hydrogen-bond donors (Lipinski definition) is 2. The van der Waals surface area contributed by atoms with Crippen LogP contribution < -0.4 is 10.6 Å². The smallest absolute Gasteiger partial charge is 0.251 e. The number of halogens is 1. The fourth-order valence-electron chi connectivity index (χ4n) is 3.96. The molecular formula is C26H28ClN5O2S. The van der Waals surface area contributed by atoms with Crippen molar-refractivity contribution < 1.29 is 9.59 Å². The zero-order valence-electron chi connectivity index (χ0n) is 20.1. The quantitative estimate of drug-likeness (QED) is 0.576. The summed E-state index contributed by atoms with van der Waals surface area (Å²) < 4.78 is 0. The van der Waals surface area contributed by atoms with Gasteiger partial charge in [0.1, 0.15) is 0 Å². The lowest BCUT2D eigenvalue weighted by Gasteiger charge is -2.37. The SMILES string of the molecule is CC1=C(C(=O)NC(C)(C)C)C(c2ccc(Cl)cc2)N2C(CC(=O)NCc3ccncc3)=CSC2=N1. The third-order valence-electron chi connectivity index (χ3n) is 5.50. The van der Waals surface area contributed by atoms with E-state index in [9.17, 15) is 9.59 Å². The molecule has 0 spiro atoms. The molecule has 1 aromatic heterocycles. The summed E-state index contributed by atoms with van der Waals surface area (Å²) in [4.78, 5) is 37.0. The number of carbonyl (C=O) groups is 2. The van der Waals surface area contributed by atoms with Gasteiger partial charge in [-0.2, -0.15) is 0 Å². The zero-order chi connectivity index (χ0) is 25.2. The van der Waals surface area contributed by atoms with E-state index in [1.54, 1.807) is 12.4 Å². The highest BCUT2D eigenvalue weighted by atomic mass is 35.5. The molecule has 2 aliphatic heterocycles. The summed E-state index contributed by atoms with van der Waals surface area (Å²) in [6.45, 7) is 8.10. The van der Waals surface area contributed by atoms with Crippen molar-refractivity contribution >= 4 is 40.3 Å². The van der Waals surface area contributed by atoms with Gasteiger partial charge in [0.05, 0.1) is 23.7 Å². The molecule has 2 N–H and O–H groups in total. The highest BCUT2D eigenvalue weighted by Crippen LogP contribution is 2.44. The van der Waals surface area contributed by atoms with Crippen LogP contribution in [0.1, 0.15) is 51.3 Å². The number of aliphatic imine (C=N–C) groups is 1. The predicted octanol–water partition coefficient (Wildman–Crippen LogP) is 4.93. The Bertz CT molecular complexity index is 1220. The van der Waals surface area contributed by atoms with Crippen molar-refractivity contribution in [1.29, 1.82) is 0 Å². The predicted molar refractivity (Wildman–Crippen MR) is 140 cm³/mol. The summed E-state index contributed by atoms with van der Waals surface area (Å²) in [6, 6.07) is 10.7. The number of hydrogen-bond acceptors (Lipinski definition) is 6. The first-order chi connectivity index (χ1) is 16.6. The van der Waals surface area contributed by atoms with Gasteiger partial charge in [-0.25, -0.2) is 4.99 Å². The van der Waals surface area contributed by atoms with Crippen LogP contribution in [0.2, 0.25) is 5.02 Å². The average Bonchev–Trinajstić information content (AvgIpc) is 3.18. The maximum atomic E-state index is 13.5. The molecule has 0 fully saturated rings. The standard InChI is InChI=1S/C26H28ClN5O2S/c1-16-22(24(34)31-26(2,3)4)23(18-5-7-19(27)8-6-18)32-20(15-35-25(32)30-16)13-21(33)29-14-17-9-11-28-12-10-17/h5-12,15,23H,13-14H2,1-4H3,(H,29,33)(H,31,34). The minimum Gasteiger partial charge on any atom is -0.352 e. The van der Waals surface area contributed by atoms with Gasteiger partial charge in [-0.15, -0.1) is 0 Å². The Morgan fingerprint density at radius 2 is 1.80 bits per heavy atom. The fourth-order valence-corrected chi connectivity index (χ4v) is 5.05. The van der Waals surface area contributed by atoms with E-state index in [-0.39, 0.29) is 18.2 Å². The molecule has 3 heterocycles. The minimum absolute atomic E-state index is 0.114. The third kappa shape index (κ3) is 5.94. The van der Waals surface area contributed by atoms with Crippen LogP contribution in [0, 0.1) is 0 Å². The first kappa shape index (κ1) is 25.0. The van der Waals surface area contributed by atoms with Crippen LogP contribution in [0.15, 0.2) is 76.2 Å². The molecule has 2 amide bonds. The molecule has 0 saturated carbocycles. The van der Waals surface area contributed by atoms with Crippen molar-refractivity contribution in [3.8, 4) is 0 Å². The number of benzene rings is 1. The Morgan fingerprint density at radius 1 is 1.11 bits per heavy atom. The van der Waals surface area contributed by atoms with E-state index in [1.807, 2.05) is 74.4 Å². The Morgan fingerprint density at radius 3 is 2.46 bits per heavy atom. The van der Waals surface area contributed by atoms with Gasteiger partial charge in [-0.3, -0.25) is 14.6 Å². The summed E-state index contributed by atoms with van der Waals surface area (Å²) in [7, 11) is 0. The number of amidine groups is 1. The normalized spacial score (nSPS) is 17.5. The van der Waals surface area contributed by atoms with Gasteiger partial charge >= 0.3 is 0 Å². The monoisotopic (exact) mass is 509 g/mol. The summed E-state index contributed by atoms with van der Waals surface area (Å²) in [5, 5.41) is 9.33. The number of nitrogens with zero attached hydrogens (tertiary/aromatic N) is 3. The number of carbonyl (C=O) groups excluding carboxylic acids is 2.